The van der Waals surface area contributed by atoms with Gasteiger partial charge in [0, 0.05) is 7.11 Å². The van der Waals surface area contributed by atoms with Crippen LogP contribution in [-0.2, 0) is 66.4 Å². The fourth-order valence-corrected chi connectivity index (χ4v) is 2.70. The van der Waals surface area contributed by atoms with Gasteiger partial charge in [-0.2, -0.15) is 0 Å². The van der Waals surface area contributed by atoms with Gasteiger partial charge in [-0.05, 0) is 0 Å². The van der Waals surface area contributed by atoms with E-state index in [0.29, 0.717) is 152 Å². The quantitative estimate of drug-likeness (QED) is 0.0721. The van der Waals surface area contributed by atoms with Gasteiger partial charge < -0.3 is 61.6 Å². The molecule has 0 saturated carbocycles. The van der Waals surface area contributed by atoms with Crippen molar-refractivity contribution < 1.29 is 66.4 Å². The van der Waals surface area contributed by atoms with Crippen LogP contribution in [0.5, 0.6) is 0 Å². The predicted octanol–water partition coefficient (Wildman–Crippen LogP) is 0.379. The average molecular weight is 603 g/mol. The molecule has 246 valence electrons. The van der Waals surface area contributed by atoms with Crippen molar-refractivity contribution in [1.29, 1.82) is 0 Å². The first kappa shape index (κ1) is 40.0. The molecule has 0 aliphatic rings. The minimum atomic E-state index is -0.285. The van der Waals surface area contributed by atoms with Gasteiger partial charge >= 0.3 is 5.97 Å². The van der Waals surface area contributed by atoms with Gasteiger partial charge in [0.05, 0.1) is 165 Å². The van der Waals surface area contributed by atoms with Crippen LogP contribution in [0.1, 0.15) is 6.42 Å². The Bertz CT molecular complexity index is 501. The number of carbonyl (C=O) groups is 1. The molecule has 0 N–H and O–H groups in total. The third kappa shape index (κ3) is 37.0. The Hall–Kier alpha value is -1.01. The Balaban J connectivity index is 3.04. The van der Waals surface area contributed by atoms with Crippen molar-refractivity contribution in [2.75, 3.05) is 166 Å². The van der Waals surface area contributed by atoms with Crippen LogP contribution < -0.4 is 0 Å². The van der Waals surface area contributed by atoms with Crippen LogP contribution >= 0.6 is 0 Å². The number of methoxy groups -OCH3 is 2. The molecular formula is C27H54O14. The summed E-state index contributed by atoms with van der Waals surface area (Å²) >= 11 is 0. The van der Waals surface area contributed by atoms with E-state index < -0.39 is 0 Å². The molecule has 14 nitrogen and oxygen atoms in total. The molecule has 0 radical (unpaired) electrons. The van der Waals surface area contributed by atoms with Crippen LogP contribution in [0, 0.1) is 0 Å². The number of carbonyl (C=O) groups excluding carboxylic acids is 1. The van der Waals surface area contributed by atoms with Crippen LogP contribution in [0.15, 0.2) is 0 Å². The zero-order valence-corrected chi connectivity index (χ0v) is 25.2. The van der Waals surface area contributed by atoms with E-state index in [1.165, 1.54) is 7.11 Å². The van der Waals surface area contributed by atoms with Gasteiger partial charge in [-0.1, -0.05) is 0 Å². The molecule has 0 aliphatic carbocycles. The summed E-state index contributed by atoms with van der Waals surface area (Å²) in [6, 6.07) is 0. The maximum atomic E-state index is 10.9. The lowest BCUT2D eigenvalue weighted by molar-refractivity contribution is -0.141. The van der Waals surface area contributed by atoms with Crippen molar-refractivity contribution in [3.8, 4) is 0 Å². The van der Waals surface area contributed by atoms with Gasteiger partial charge in [-0.25, -0.2) is 0 Å². The van der Waals surface area contributed by atoms with Crippen LogP contribution in [0.4, 0.5) is 0 Å². The highest BCUT2D eigenvalue weighted by Crippen LogP contribution is 1.88. The van der Waals surface area contributed by atoms with E-state index >= 15 is 0 Å². The number of hydrogen-bond acceptors (Lipinski definition) is 14. The number of rotatable bonds is 36. The van der Waals surface area contributed by atoms with Crippen LogP contribution in [0.3, 0.4) is 0 Å². The lowest BCUT2D eigenvalue weighted by atomic mass is 10.5. The summed E-state index contributed by atoms with van der Waals surface area (Å²) in [5.41, 5.74) is 0. The monoisotopic (exact) mass is 602 g/mol. The average Bonchev–Trinajstić information content (AvgIpc) is 2.99. The minimum Gasteiger partial charge on any atom is -0.469 e. The smallest absolute Gasteiger partial charge is 0.307 e. The Morgan fingerprint density at radius 2 is 0.512 bits per heavy atom. The summed E-state index contributed by atoms with van der Waals surface area (Å²) in [6.45, 7) is 11.5. The molecule has 0 aliphatic heterocycles. The van der Waals surface area contributed by atoms with Gasteiger partial charge in [0.1, 0.15) is 0 Å². The fraction of sp³-hybridized carbons (Fsp3) is 0.963. The minimum absolute atomic E-state index is 0.246. The molecular weight excluding hydrogens is 548 g/mol. The summed E-state index contributed by atoms with van der Waals surface area (Å²) < 4.78 is 68.8. The molecule has 0 fully saturated rings. The first-order valence-electron chi connectivity index (χ1n) is 14.2. The Morgan fingerprint density at radius 1 is 0.317 bits per heavy atom. The molecule has 14 heteroatoms. The Labute approximate surface area is 245 Å². The van der Waals surface area contributed by atoms with E-state index in [2.05, 4.69) is 4.74 Å². The van der Waals surface area contributed by atoms with Crippen LogP contribution in [0.25, 0.3) is 0 Å². The second-order valence-electron chi connectivity index (χ2n) is 8.06. The van der Waals surface area contributed by atoms with Gasteiger partial charge in [-0.15, -0.1) is 0 Å². The molecule has 0 aromatic rings. The molecule has 0 heterocycles. The van der Waals surface area contributed by atoms with Gasteiger partial charge in [0.15, 0.2) is 0 Å². The molecule has 0 aromatic heterocycles. The molecule has 0 aromatic carbocycles. The van der Waals surface area contributed by atoms with Crippen molar-refractivity contribution in [2.45, 2.75) is 6.42 Å². The molecule has 0 amide bonds. The molecule has 0 atom stereocenters. The van der Waals surface area contributed by atoms with Gasteiger partial charge in [-0.3, -0.25) is 4.79 Å². The molecule has 0 bridgehead atoms. The number of hydrogen-bond donors (Lipinski definition) is 0. The van der Waals surface area contributed by atoms with Gasteiger partial charge in [0.2, 0.25) is 0 Å². The zero-order valence-electron chi connectivity index (χ0n) is 25.2. The third-order valence-corrected chi connectivity index (χ3v) is 4.83. The molecule has 41 heavy (non-hydrogen) atoms. The van der Waals surface area contributed by atoms with Crippen LogP contribution in [0.2, 0.25) is 0 Å². The lowest BCUT2D eigenvalue weighted by Gasteiger charge is -2.09. The third-order valence-electron chi connectivity index (χ3n) is 4.83. The van der Waals surface area contributed by atoms with Gasteiger partial charge in [0.25, 0.3) is 0 Å². The standard InChI is InChI=1S/C27H54O14/c1-29-5-6-32-9-10-34-13-14-36-17-18-38-21-22-40-25-26-41-24-23-39-20-19-37-16-15-35-12-11-33-8-7-31-4-3-27(28)30-2/h3-26H2,1-2H3. The maximum absolute atomic E-state index is 10.9. The zero-order chi connectivity index (χ0) is 29.7. The van der Waals surface area contributed by atoms with E-state index in [-0.39, 0.29) is 12.4 Å². The van der Waals surface area contributed by atoms with Crippen molar-refractivity contribution in [1.82, 2.24) is 0 Å². The van der Waals surface area contributed by atoms with Crippen molar-refractivity contribution >= 4 is 5.97 Å². The van der Waals surface area contributed by atoms with E-state index in [0.717, 1.165) is 0 Å². The highest BCUT2D eigenvalue weighted by molar-refractivity contribution is 5.69. The van der Waals surface area contributed by atoms with E-state index in [9.17, 15) is 4.79 Å². The number of ether oxygens (including phenoxy) is 13. The summed E-state index contributed by atoms with van der Waals surface area (Å²) in [6.07, 6.45) is 0.246. The fourth-order valence-electron chi connectivity index (χ4n) is 2.70. The van der Waals surface area contributed by atoms with E-state index in [1.54, 1.807) is 7.11 Å². The highest BCUT2D eigenvalue weighted by Gasteiger charge is 1.99. The van der Waals surface area contributed by atoms with E-state index in [4.69, 9.17) is 56.8 Å². The SMILES string of the molecule is COCCOCCOCCOCCOCCOCCOCCOCCOCCOCCOCCOCCC(=O)OC. The Morgan fingerprint density at radius 3 is 0.707 bits per heavy atom. The topological polar surface area (TPSA) is 137 Å². The Kier molecular flexibility index (Phi) is 36.1. The summed E-state index contributed by atoms with van der Waals surface area (Å²) in [4.78, 5) is 10.9. The molecule has 0 spiro atoms. The maximum Gasteiger partial charge on any atom is 0.307 e. The predicted molar refractivity (Wildman–Crippen MR) is 148 cm³/mol. The van der Waals surface area contributed by atoms with E-state index in [1.807, 2.05) is 0 Å². The summed E-state index contributed by atoms with van der Waals surface area (Å²) in [5, 5.41) is 0. The largest absolute Gasteiger partial charge is 0.469 e. The summed E-state index contributed by atoms with van der Waals surface area (Å²) in [5.74, 6) is -0.285. The first-order chi connectivity index (χ1) is 20.3. The number of esters is 1. The molecule has 0 saturated heterocycles. The van der Waals surface area contributed by atoms with Crippen molar-refractivity contribution in [2.24, 2.45) is 0 Å². The second-order valence-corrected chi connectivity index (χ2v) is 8.06. The first-order valence-corrected chi connectivity index (χ1v) is 14.2. The highest BCUT2D eigenvalue weighted by atomic mass is 16.6. The lowest BCUT2D eigenvalue weighted by Crippen LogP contribution is -2.15. The molecule has 0 unspecified atom stereocenters. The second kappa shape index (κ2) is 37.0. The normalized spacial score (nSPS) is 11.4. The van der Waals surface area contributed by atoms with Crippen LogP contribution in [-0.4, -0.2) is 172 Å². The molecule has 0 rings (SSSR count). The summed E-state index contributed by atoms with van der Waals surface area (Å²) in [7, 11) is 2.99. The van der Waals surface area contributed by atoms with Crippen molar-refractivity contribution in [3.05, 3.63) is 0 Å². The van der Waals surface area contributed by atoms with Crippen molar-refractivity contribution in [3.63, 3.8) is 0 Å².